The standard InChI is InChI=1S/C40H24F6N4/c1-22-3-7-32-28(15-22)29-16-23(2)4-8-33(29)49(32)36-17-24(21-47)18-37(38(36)25-11-13-48-14-12-25)50-34-9-5-26(39(41,42)43)19-30(34)31-20-27(40(44,45)46)6-10-35(31)50/h3-20H,1-2H3. The second kappa shape index (κ2) is 11.0. The van der Waals surface area contributed by atoms with Crippen LogP contribution in [0.3, 0.4) is 0 Å². The second-order valence-corrected chi connectivity index (χ2v) is 12.4. The van der Waals surface area contributed by atoms with Gasteiger partial charge >= 0.3 is 12.4 Å². The number of nitrogens with zero attached hydrogens (tertiary/aromatic N) is 4. The summed E-state index contributed by atoms with van der Waals surface area (Å²) >= 11 is 0. The first-order valence-corrected chi connectivity index (χ1v) is 15.6. The van der Waals surface area contributed by atoms with Crippen molar-refractivity contribution in [3.63, 3.8) is 0 Å². The number of fused-ring (bicyclic) bond motifs is 6. The Morgan fingerprint density at radius 1 is 0.540 bits per heavy atom. The zero-order valence-electron chi connectivity index (χ0n) is 26.4. The van der Waals surface area contributed by atoms with Gasteiger partial charge in [0.25, 0.3) is 0 Å². The maximum atomic E-state index is 14.0. The van der Waals surface area contributed by atoms with Crippen molar-refractivity contribution in [2.24, 2.45) is 0 Å². The molecule has 0 N–H and O–H groups in total. The summed E-state index contributed by atoms with van der Waals surface area (Å²) in [5, 5.41) is 12.4. The lowest BCUT2D eigenvalue weighted by molar-refractivity contribution is -0.138. The van der Waals surface area contributed by atoms with Crippen LogP contribution in [0.15, 0.2) is 109 Å². The third-order valence-corrected chi connectivity index (χ3v) is 9.17. The first-order valence-electron chi connectivity index (χ1n) is 15.6. The summed E-state index contributed by atoms with van der Waals surface area (Å²) in [4.78, 5) is 4.19. The average Bonchev–Trinajstić information content (AvgIpc) is 3.58. The summed E-state index contributed by atoms with van der Waals surface area (Å²) in [6.07, 6.45) is -6.24. The van der Waals surface area contributed by atoms with Gasteiger partial charge in [-0.25, -0.2) is 0 Å². The molecule has 0 aliphatic rings. The summed E-state index contributed by atoms with van der Waals surface area (Å²) in [5.41, 5.74) is 4.88. The summed E-state index contributed by atoms with van der Waals surface area (Å²) in [6, 6.07) is 27.5. The van der Waals surface area contributed by atoms with E-state index in [1.807, 2.05) is 38.1 Å². The largest absolute Gasteiger partial charge is 0.416 e. The molecule has 5 aromatic carbocycles. The predicted molar refractivity (Wildman–Crippen MR) is 183 cm³/mol. The van der Waals surface area contributed by atoms with Crippen LogP contribution in [0.25, 0.3) is 66.1 Å². The Balaban J connectivity index is 1.57. The Bertz CT molecular complexity index is 2580. The molecule has 8 aromatic rings. The van der Waals surface area contributed by atoms with Crippen LogP contribution < -0.4 is 0 Å². The van der Waals surface area contributed by atoms with Crippen LogP contribution in [-0.4, -0.2) is 14.1 Å². The SMILES string of the molecule is Cc1ccc2c(c1)c1cc(C)ccc1n2-c1cc(C#N)cc(-n2c3ccc(C(F)(F)F)cc3c3cc(C(F)(F)F)ccc32)c1-c1ccncc1. The molecule has 0 amide bonds. The van der Waals surface area contributed by atoms with Crippen molar-refractivity contribution < 1.29 is 26.3 Å². The highest BCUT2D eigenvalue weighted by molar-refractivity contribution is 6.12. The Morgan fingerprint density at radius 2 is 0.940 bits per heavy atom. The summed E-state index contributed by atoms with van der Waals surface area (Å²) in [6.45, 7) is 4.01. The van der Waals surface area contributed by atoms with Crippen molar-refractivity contribution >= 4 is 43.6 Å². The van der Waals surface area contributed by atoms with Gasteiger partial charge in [-0.05, 0) is 104 Å². The molecular weight excluding hydrogens is 650 g/mol. The van der Waals surface area contributed by atoms with Gasteiger partial charge in [-0.15, -0.1) is 0 Å². The molecule has 0 aliphatic heterocycles. The monoisotopic (exact) mass is 674 g/mol. The zero-order chi connectivity index (χ0) is 35.1. The molecule has 0 saturated heterocycles. The first kappa shape index (κ1) is 31.2. The summed E-state index contributed by atoms with van der Waals surface area (Å²) < 4.78 is 87.6. The minimum Gasteiger partial charge on any atom is -0.308 e. The van der Waals surface area contributed by atoms with E-state index >= 15 is 0 Å². The second-order valence-electron chi connectivity index (χ2n) is 12.4. The highest BCUT2D eigenvalue weighted by Crippen LogP contribution is 2.45. The van der Waals surface area contributed by atoms with Gasteiger partial charge in [0, 0.05) is 39.5 Å². The van der Waals surface area contributed by atoms with E-state index in [9.17, 15) is 31.6 Å². The van der Waals surface area contributed by atoms with E-state index in [1.54, 1.807) is 41.2 Å². The van der Waals surface area contributed by atoms with Crippen molar-refractivity contribution in [1.29, 1.82) is 5.26 Å². The molecule has 246 valence electrons. The number of pyridine rings is 1. The van der Waals surface area contributed by atoms with Crippen LogP contribution in [0.1, 0.15) is 27.8 Å². The van der Waals surface area contributed by atoms with Crippen LogP contribution >= 0.6 is 0 Å². The fraction of sp³-hybridized carbons (Fsp3) is 0.100. The molecule has 10 heteroatoms. The van der Waals surface area contributed by atoms with E-state index < -0.39 is 23.5 Å². The lowest BCUT2D eigenvalue weighted by atomic mass is 9.99. The molecule has 3 heterocycles. The molecule has 0 bridgehead atoms. The number of benzene rings is 5. The minimum atomic E-state index is -4.73. The fourth-order valence-electron chi connectivity index (χ4n) is 6.99. The smallest absolute Gasteiger partial charge is 0.308 e. The van der Waals surface area contributed by atoms with E-state index in [0.717, 1.165) is 57.2 Å². The highest BCUT2D eigenvalue weighted by atomic mass is 19.4. The van der Waals surface area contributed by atoms with E-state index in [2.05, 4.69) is 27.8 Å². The van der Waals surface area contributed by atoms with E-state index in [4.69, 9.17) is 0 Å². The van der Waals surface area contributed by atoms with Crippen LogP contribution in [0.5, 0.6) is 0 Å². The molecule has 4 nitrogen and oxygen atoms in total. The zero-order valence-corrected chi connectivity index (χ0v) is 26.4. The fourth-order valence-corrected chi connectivity index (χ4v) is 6.99. The average molecular weight is 675 g/mol. The molecule has 0 fully saturated rings. The number of aromatic nitrogens is 3. The Hall–Kier alpha value is -6.08. The molecule has 0 unspecified atom stereocenters. The van der Waals surface area contributed by atoms with Crippen molar-refractivity contribution in [3.05, 3.63) is 137 Å². The molecule has 0 radical (unpaired) electrons. The van der Waals surface area contributed by atoms with Gasteiger partial charge in [0.2, 0.25) is 0 Å². The lowest BCUT2D eigenvalue weighted by Crippen LogP contribution is -2.06. The van der Waals surface area contributed by atoms with Crippen LogP contribution in [-0.2, 0) is 12.4 Å². The molecule has 8 rings (SSSR count). The Labute approximate surface area is 281 Å². The van der Waals surface area contributed by atoms with Gasteiger partial charge in [0.1, 0.15) is 0 Å². The molecule has 3 aromatic heterocycles. The highest BCUT2D eigenvalue weighted by Gasteiger charge is 2.34. The van der Waals surface area contributed by atoms with Crippen LogP contribution in [0.4, 0.5) is 26.3 Å². The number of alkyl halides is 6. The minimum absolute atomic E-state index is 0.00618. The third-order valence-electron chi connectivity index (χ3n) is 9.17. The molecular formula is C40H24F6N4. The van der Waals surface area contributed by atoms with Gasteiger partial charge in [-0.2, -0.15) is 31.6 Å². The van der Waals surface area contributed by atoms with E-state index in [1.165, 1.54) is 12.1 Å². The topological polar surface area (TPSA) is 46.5 Å². The number of hydrogen-bond donors (Lipinski definition) is 0. The molecule has 0 aliphatic carbocycles. The molecule has 0 saturated carbocycles. The van der Waals surface area contributed by atoms with Gasteiger partial charge in [0.05, 0.1) is 56.2 Å². The van der Waals surface area contributed by atoms with Gasteiger partial charge in [-0.1, -0.05) is 23.3 Å². The Morgan fingerprint density at radius 3 is 1.34 bits per heavy atom. The number of rotatable bonds is 3. The van der Waals surface area contributed by atoms with Crippen LogP contribution in [0.2, 0.25) is 0 Å². The van der Waals surface area contributed by atoms with E-state index in [0.29, 0.717) is 22.5 Å². The molecule has 0 spiro atoms. The predicted octanol–water partition coefficient (Wildman–Crippen LogP) is 11.5. The van der Waals surface area contributed by atoms with Crippen molar-refractivity contribution in [2.45, 2.75) is 26.2 Å². The van der Waals surface area contributed by atoms with Gasteiger partial charge in [0.15, 0.2) is 0 Å². The third kappa shape index (κ3) is 4.88. The normalized spacial score (nSPS) is 12.4. The summed E-state index contributed by atoms with van der Waals surface area (Å²) in [5.74, 6) is 0. The van der Waals surface area contributed by atoms with Crippen LogP contribution in [0, 0.1) is 25.2 Å². The number of halogens is 6. The Kier molecular flexibility index (Phi) is 6.85. The first-order chi connectivity index (χ1) is 23.8. The van der Waals surface area contributed by atoms with Gasteiger partial charge < -0.3 is 9.13 Å². The van der Waals surface area contributed by atoms with Gasteiger partial charge in [-0.3, -0.25) is 4.98 Å². The number of nitriles is 1. The maximum Gasteiger partial charge on any atom is 0.416 e. The molecule has 0 atom stereocenters. The van der Waals surface area contributed by atoms with E-state index in [-0.39, 0.29) is 27.4 Å². The van der Waals surface area contributed by atoms with Crippen molar-refractivity contribution in [2.75, 3.05) is 0 Å². The quantitative estimate of drug-likeness (QED) is 0.175. The molecule has 50 heavy (non-hydrogen) atoms. The number of hydrogen-bond acceptors (Lipinski definition) is 2. The van der Waals surface area contributed by atoms with Crippen molar-refractivity contribution in [3.8, 4) is 28.6 Å². The van der Waals surface area contributed by atoms with Crippen molar-refractivity contribution in [1.82, 2.24) is 14.1 Å². The summed E-state index contributed by atoms with van der Waals surface area (Å²) in [7, 11) is 0. The maximum absolute atomic E-state index is 14.0. The number of aryl methyl sites for hydroxylation is 2. The lowest BCUT2D eigenvalue weighted by Gasteiger charge is -2.21.